The second kappa shape index (κ2) is 7.35. The van der Waals surface area contributed by atoms with E-state index in [4.69, 9.17) is 12.2 Å². The van der Waals surface area contributed by atoms with Crippen LogP contribution in [0, 0.1) is 0 Å². The molecule has 1 fully saturated rings. The molecule has 0 spiro atoms. The van der Waals surface area contributed by atoms with E-state index in [1.807, 2.05) is 0 Å². The normalized spacial score (nSPS) is 21.6. The molecule has 0 aromatic carbocycles. The van der Waals surface area contributed by atoms with Gasteiger partial charge in [-0.15, -0.1) is 0 Å². The third kappa shape index (κ3) is 5.05. The van der Waals surface area contributed by atoms with Crippen molar-refractivity contribution >= 4 is 29.1 Å². The summed E-state index contributed by atoms with van der Waals surface area (Å²) in [5.41, 5.74) is 0. The highest BCUT2D eigenvalue weighted by Gasteiger charge is 2.13. The van der Waals surface area contributed by atoms with Gasteiger partial charge in [-0.3, -0.25) is 0 Å². The zero-order valence-corrected chi connectivity index (χ0v) is 10.5. The van der Waals surface area contributed by atoms with Gasteiger partial charge in [0.05, 0.1) is 0 Å². The maximum Gasteiger partial charge on any atom is 0.166 e. The van der Waals surface area contributed by atoms with Crippen LogP contribution in [0.5, 0.6) is 0 Å². The average molecular weight is 232 g/mol. The molecule has 4 heteroatoms. The van der Waals surface area contributed by atoms with Gasteiger partial charge in [0.15, 0.2) is 5.11 Å². The van der Waals surface area contributed by atoms with Crippen LogP contribution in [0.2, 0.25) is 0 Å². The Kier molecular flexibility index (Phi) is 6.36. The minimum Gasteiger partial charge on any atom is -0.363 e. The second-order valence-electron chi connectivity index (χ2n) is 3.63. The maximum atomic E-state index is 5.16. The lowest BCUT2D eigenvalue weighted by molar-refractivity contribution is 0.645. The summed E-state index contributed by atoms with van der Waals surface area (Å²) in [5, 5.41) is 8.06. The van der Waals surface area contributed by atoms with Crippen molar-refractivity contribution in [3.05, 3.63) is 0 Å². The summed E-state index contributed by atoms with van der Waals surface area (Å²) in [5.74, 6) is 1.32. The highest BCUT2D eigenvalue weighted by atomic mass is 32.2. The molecular formula is C10H20N2S2. The van der Waals surface area contributed by atoms with Crippen LogP contribution >= 0.6 is 24.0 Å². The van der Waals surface area contributed by atoms with Crippen LogP contribution in [0.1, 0.15) is 32.6 Å². The van der Waals surface area contributed by atoms with Crippen molar-refractivity contribution in [3.63, 3.8) is 0 Å². The van der Waals surface area contributed by atoms with Gasteiger partial charge in [0.25, 0.3) is 0 Å². The first-order chi connectivity index (χ1) is 6.83. The predicted molar refractivity (Wildman–Crippen MR) is 69.0 cm³/mol. The van der Waals surface area contributed by atoms with Gasteiger partial charge >= 0.3 is 0 Å². The van der Waals surface area contributed by atoms with Crippen molar-refractivity contribution < 1.29 is 0 Å². The SMILES string of the molecule is CCCNC(=S)NCC1CCCCS1. The first-order valence-electron chi connectivity index (χ1n) is 5.46. The Morgan fingerprint density at radius 1 is 1.43 bits per heavy atom. The van der Waals surface area contributed by atoms with Crippen LogP contribution in [-0.2, 0) is 0 Å². The van der Waals surface area contributed by atoms with Gasteiger partial charge in [0.2, 0.25) is 0 Å². The second-order valence-corrected chi connectivity index (χ2v) is 5.44. The summed E-state index contributed by atoms with van der Waals surface area (Å²) in [4.78, 5) is 0. The van der Waals surface area contributed by atoms with Gasteiger partial charge < -0.3 is 10.6 Å². The van der Waals surface area contributed by atoms with Crippen molar-refractivity contribution in [2.75, 3.05) is 18.8 Å². The number of rotatable bonds is 4. The quantitative estimate of drug-likeness (QED) is 0.725. The lowest BCUT2D eigenvalue weighted by Crippen LogP contribution is -2.39. The Hall–Kier alpha value is 0.0400. The lowest BCUT2D eigenvalue weighted by atomic mass is 10.2. The molecule has 0 aromatic rings. The molecule has 0 radical (unpaired) electrons. The Morgan fingerprint density at radius 3 is 2.93 bits per heavy atom. The van der Waals surface area contributed by atoms with E-state index in [2.05, 4.69) is 29.3 Å². The number of nitrogens with one attached hydrogen (secondary N) is 2. The molecule has 0 aromatic heterocycles. The fourth-order valence-electron chi connectivity index (χ4n) is 1.48. The Bertz CT molecular complexity index is 168. The van der Waals surface area contributed by atoms with Gasteiger partial charge in [-0.05, 0) is 37.2 Å². The lowest BCUT2D eigenvalue weighted by Gasteiger charge is -2.22. The van der Waals surface area contributed by atoms with Crippen LogP contribution in [0.25, 0.3) is 0 Å². The summed E-state index contributed by atoms with van der Waals surface area (Å²) in [7, 11) is 0. The van der Waals surface area contributed by atoms with Gasteiger partial charge in [0, 0.05) is 18.3 Å². The van der Waals surface area contributed by atoms with Crippen LogP contribution < -0.4 is 10.6 Å². The minimum absolute atomic E-state index is 0.769. The first kappa shape index (κ1) is 12.1. The van der Waals surface area contributed by atoms with E-state index in [0.717, 1.165) is 29.9 Å². The van der Waals surface area contributed by atoms with Crippen molar-refractivity contribution in [1.29, 1.82) is 0 Å². The van der Waals surface area contributed by atoms with Gasteiger partial charge in [0.1, 0.15) is 0 Å². The summed E-state index contributed by atoms with van der Waals surface area (Å²) >= 11 is 7.24. The number of hydrogen-bond acceptors (Lipinski definition) is 2. The number of thiocarbonyl (C=S) groups is 1. The molecule has 14 heavy (non-hydrogen) atoms. The fraction of sp³-hybridized carbons (Fsp3) is 0.900. The van der Waals surface area contributed by atoms with Gasteiger partial charge in [-0.25, -0.2) is 0 Å². The van der Waals surface area contributed by atoms with Crippen molar-refractivity contribution in [3.8, 4) is 0 Å². The Labute approximate surface area is 96.6 Å². The molecule has 1 rings (SSSR count). The van der Waals surface area contributed by atoms with Gasteiger partial charge in [-0.1, -0.05) is 13.3 Å². The zero-order valence-electron chi connectivity index (χ0n) is 8.84. The maximum absolute atomic E-state index is 5.16. The van der Waals surface area contributed by atoms with Crippen LogP contribution in [0.4, 0.5) is 0 Å². The fourth-order valence-corrected chi connectivity index (χ4v) is 2.90. The smallest absolute Gasteiger partial charge is 0.166 e. The summed E-state index contributed by atoms with van der Waals surface area (Å²) in [6.07, 6.45) is 5.24. The van der Waals surface area contributed by atoms with E-state index in [-0.39, 0.29) is 0 Å². The standard InChI is InChI=1S/C10H20N2S2/c1-2-6-11-10(13)12-8-9-5-3-4-7-14-9/h9H,2-8H2,1H3,(H2,11,12,13). The molecular weight excluding hydrogens is 212 g/mol. The molecule has 1 heterocycles. The minimum atomic E-state index is 0.769. The Morgan fingerprint density at radius 2 is 2.29 bits per heavy atom. The van der Waals surface area contributed by atoms with E-state index in [1.54, 1.807) is 0 Å². The van der Waals surface area contributed by atoms with Gasteiger partial charge in [-0.2, -0.15) is 11.8 Å². The van der Waals surface area contributed by atoms with Crippen molar-refractivity contribution in [1.82, 2.24) is 10.6 Å². The molecule has 1 atom stereocenters. The largest absolute Gasteiger partial charge is 0.363 e. The molecule has 1 saturated heterocycles. The molecule has 1 aliphatic heterocycles. The first-order valence-corrected chi connectivity index (χ1v) is 6.92. The molecule has 0 bridgehead atoms. The molecule has 1 aliphatic rings. The average Bonchev–Trinajstić information content (AvgIpc) is 2.25. The number of hydrogen-bond donors (Lipinski definition) is 2. The highest BCUT2D eigenvalue weighted by Crippen LogP contribution is 2.24. The zero-order chi connectivity index (χ0) is 10.2. The molecule has 2 N–H and O–H groups in total. The van der Waals surface area contributed by atoms with Crippen LogP contribution in [0.3, 0.4) is 0 Å². The molecule has 82 valence electrons. The Balaban J connectivity index is 2.03. The monoisotopic (exact) mass is 232 g/mol. The topological polar surface area (TPSA) is 24.1 Å². The molecule has 0 saturated carbocycles. The third-order valence-corrected chi connectivity index (χ3v) is 3.99. The molecule has 1 unspecified atom stereocenters. The molecule has 0 aliphatic carbocycles. The molecule has 0 amide bonds. The highest BCUT2D eigenvalue weighted by molar-refractivity contribution is 7.99. The van der Waals surface area contributed by atoms with E-state index >= 15 is 0 Å². The predicted octanol–water partition coefficient (Wildman–Crippen LogP) is 2.15. The van der Waals surface area contributed by atoms with E-state index in [0.29, 0.717) is 0 Å². The summed E-state index contributed by atoms with van der Waals surface area (Å²) in [6, 6.07) is 0. The number of thioether (sulfide) groups is 1. The van der Waals surface area contributed by atoms with Crippen LogP contribution in [-0.4, -0.2) is 29.2 Å². The summed E-state index contributed by atoms with van der Waals surface area (Å²) in [6.45, 7) is 4.15. The third-order valence-electron chi connectivity index (χ3n) is 2.30. The van der Waals surface area contributed by atoms with E-state index < -0.39 is 0 Å². The summed E-state index contributed by atoms with van der Waals surface area (Å²) < 4.78 is 0. The van der Waals surface area contributed by atoms with Crippen molar-refractivity contribution in [2.24, 2.45) is 0 Å². The van der Waals surface area contributed by atoms with Crippen LogP contribution in [0.15, 0.2) is 0 Å². The van der Waals surface area contributed by atoms with E-state index in [9.17, 15) is 0 Å². The van der Waals surface area contributed by atoms with Crippen molar-refractivity contribution in [2.45, 2.75) is 37.9 Å². The van der Waals surface area contributed by atoms with E-state index in [1.165, 1.54) is 25.0 Å². The molecule has 2 nitrogen and oxygen atoms in total.